The first-order chi connectivity index (χ1) is 18.4. The molecule has 3 aromatic carbocycles. The normalized spacial score (nSPS) is 14.7. The lowest BCUT2D eigenvalue weighted by atomic mass is 9.96. The summed E-state index contributed by atoms with van der Waals surface area (Å²) in [5.41, 5.74) is 5.86. The van der Waals surface area contributed by atoms with E-state index >= 15 is 0 Å². The number of benzene rings is 3. The van der Waals surface area contributed by atoms with E-state index in [-0.39, 0.29) is 18.2 Å². The molecule has 192 valence electrons. The second-order valence-electron chi connectivity index (χ2n) is 9.65. The highest BCUT2D eigenvalue weighted by Gasteiger charge is 2.27. The third kappa shape index (κ3) is 5.35. The Kier molecular flexibility index (Phi) is 7.59. The Morgan fingerprint density at radius 2 is 1.68 bits per heavy atom. The number of nitrogens with zero attached hydrogens (tertiary/aromatic N) is 4. The van der Waals surface area contributed by atoms with E-state index in [9.17, 15) is 10.1 Å². The van der Waals surface area contributed by atoms with Gasteiger partial charge in [0.15, 0.2) is 5.78 Å². The summed E-state index contributed by atoms with van der Waals surface area (Å²) in [6.07, 6.45) is 0.200. The predicted molar refractivity (Wildman–Crippen MR) is 149 cm³/mol. The summed E-state index contributed by atoms with van der Waals surface area (Å²) >= 11 is 6.17. The van der Waals surface area contributed by atoms with Gasteiger partial charge in [0.05, 0.1) is 28.6 Å². The monoisotopic (exact) mass is 524 g/mol. The van der Waals surface area contributed by atoms with Gasteiger partial charge in [-0.25, -0.2) is 0 Å². The summed E-state index contributed by atoms with van der Waals surface area (Å²) in [5, 5.41) is 14.5. The highest BCUT2D eigenvalue weighted by molar-refractivity contribution is 6.30. The lowest BCUT2D eigenvalue weighted by Crippen LogP contribution is -2.48. The van der Waals surface area contributed by atoms with E-state index < -0.39 is 0 Å². The molecule has 0 aliphatic carbocycles. The molecule has 0 saturated carbocycles. The minimum absolute atomic E-state index is 0.0549. The van der Waals surface area contributed by atoms with Crippen molar-refractivity contribution in [2.24, 2.45) is 0 Å². The van der Waals surface area contributed by atoms with Crippen molar-refractivity contribution in [3.05, 3.63) is 117 Å². The van der Waals surface area contributed by atoms with E-state index in [0.29, 0.717) is 22.6 Å². The lowest BCUT2D eigenvalue weighted by molar-refractivity contribution is 0.0991. The van der Waals surface area contributed by atoms with Gasteiger partial charge in [-0.2, -0.15) is 5.26 Å². The third-order valence-electron chi connectivity index (χ3n) is 7.18. The predicted octanol–water partition coefficient (Wildman–Crippen LogP) is 6.15. The number of halogens is 1. The molecule has 1 aliphatic rings. The number of anilines is 1. The summed E-state index contributed by atoms with van der Waals surface area (Å²) < 4.78 is 5.14. The lowest BCUT2D eigenvalue weighted by Gasteiger charge is -2.41. The van der Waals surface area contributed by atoms with Gasteiger partial charge in [-0.15, -0.1) is 0 Å². The van der Waals surface area contributed by atoms with Crippen LogP contribution in [0, 0.1) is 25.2 Å². The maximum atomic E-state index is 12.8. The third-order valence-corrected chi connectivity index (χ3v) is 7.43. The fourth-order valence-electron chi connectivity index (χ4n) is 5.33. The average Bonchev–Trinajstić information content (AvgIpc) is 3.28. The van der Waals surface area contributed by atoms with Crippen molar-refractivity contribution in [3.8, 4) is 6.07 Å². The number of hydrogen-bond donors (Lipinski definition) is 0. The van der Waals surface area contributed by atoms with E-state index in [1.54, 1.807) is 13.8 Å². The number of piperazine rings is 1. The van der Waals surface area contributed by atoms with E-state index in [1.807, 2.05) is 36.4 Å². The minimum Gasteiger partial charge on any atom is -0.368 e. The van der Waals surface area contributed by atoms with Gasteiger partial charge < -0.3 is 9.42 Å². The van der Waals surface area contributed by atoms with Crippen molar-refractivity contribution in [1.29, 1.82) is 5.26 Å². The Balaban J connectivity index is 1.32. The smallest absolute Gasteiger partial charge is 0.172 e. The molecule has 1 fully saturated rings. The second-order valence-corrected chi connectivity index (χ2v) is 10.1. The van der Waals surface area contributed by atoms with Gasteiger partial charge >= 0.3 is 0 Å². The molecule has 0 amide bonds. The highest BCUT2D eigenvalue weighted by atomic mass is 35.5. The molecule has 6 nitrogen and oxygen atoms in total. The number of Topliss-reactive ketones (excluding diaryl/α,β-unsaturated/α-hetero) is 1. The number of carbonyl (C=O) groups is 1. The summed E-state index contributed by atoms with van der Waals surface area (Å²) in [5.74, 6) is 0.468. The topological polar surface area (TPSA) is 73.4 Å². The van der Waals surface area contributed by atoms with Gasteiger partial charge in [0.25, 0.3) is 0 Å². The van der Waals surface area contributed by atoms with Crippen LogP contribution in [-0.2, 0) is 6.42 Å². The largest absolute Gasteiger partial charge is 0.368 e. The molecule has 4 aromatic rings. The molecule has 1 aliphatic heterocycles. The summed E-state index contributed by atoms with van der Waals surface area (Å²) in [4.78, 5) is 17.6. The standard InChI is InChI=1S/C31H29ClN4O2/c1-21-30(22(2)38-34-21)29(37)19-23-8-13-28(26(18-23)20-33)35-14-16-36(17-15-35)31(24-6-4-3-5-7-24)25-9-11-27(32)12-10-25/h3-13,18,31H,14-17,19H2,1-2H3. The Morgan fingerprint density at radius 3 is 2.32 bits per heavy atom. The first-order valence-corrected chi connectivity index (χ1v) is 13.1. The van der Waals surface area contributed by atoms with Crippen molar-refractivity contribution in [3.63, 3.8) is 0 Å². The maximum absolute atomic E-state index is 12.8. The fraction of sp³-hybridized carbons (Fsp3) is 0.258. The zero-order valence-corrected chi connectivity index (χ0v) is 22.3. The van der Waals surface area contributed by atoms with Crippen molar-refractivity contribution in [2.45, 2.75) is 26.3 Å². The van der Waals surface area contributed by atoms with E-state index in [2.05, 4.69) is 57.4 Å². The molecule has 7 heteroatoms. The van der Waals surface area contributed by atoms with Crippen molar-refractivity contribution < 1.29 is 9.32 Å². The average molecular weight is 525 g/mol. The van der Waals surface area contributed by atoms with Gasteiger partial charge in [0.1, 0.15) is 11.8 Å². The van der Waals surface area contributed by atoms with E-state index in [1.165, 1.54) is 11.1 Å². The molecule has 0 N–H and O–H groups in total. The molecule has 0 spiro atoms. The van der Waals surface area contributed by atoms with Crippen LogP contribution < -0.4 is 4.90 Å². The fourth-order valence-corrected chi connectivity index (χ4v) is 5.45. The van der Waals surface area contributed by atoms with Gasteiger partial charge in [-0.05, 0) is 54.8 Å². The quantitative estimate of drug-likeness (QED) is 0.270. The molecular formula is C31H29ClN4O2. The summed E-state index contributed by atoms with van der Waals surface area (Å²) in [6, 6.07) is 26.8. The van der Waals surface area contributed by atoms with Gasteiger partial charge in [-0.3, -0.25) is 9.69 Å². The molecule has 1 aromatic heterocycles. The molecule has 0 bridgehead atoms. The van der Waals surface area contributed by atoms with Crippen LogP contribution in [0.2, 0.25) is 5.02 Å². The number of rotatable bonds is 7. The maximum Gasteiger partial charge on any atom is 0.172 e. The van der Waals surface area contributed by atoms with Crippen molar-refractivity contribution in [2.75, 3.05) is 31.1 Å². The van der Waals surface area contributed by atoms with Crippen molar-refractivity contribution in [1.82, 2.24) is 10.1 Å². The number of hydrogen-bond acceptors (Lipinski definition) is 6. The first-order valence-electron chi connectivity index (χ1n) is 12.7. The van der Waals surface area contributed by atoms with E-state index in [4.69, 9.17) is 16.1 Å². The molecular weight excluding hydrogens is 496 g/mol. The van der Waals surface area contributed by atoms with Crippen LogP contribution in [0.5, 0.6) is 0 Å². The molecule has 1 atom stereocenters. The van der Waals surface area contributed by atoms with Gasteiger partial charge in [0.2, 0.25) is 0 Å². The zero-order valence-electron chi connectivity index (χ0n) is 21.5. The van der Waals surface area contributed by atoms with Crippen LogP contribution >= 0.6 is 11.6 Å². The first kappa shape index (κ1) is 25.7. The number of carbonyl (C=O) groups excluding carboxylic acids is 1. The molecule has 2 heterocycles. The van der Waals surface area contributed by atoms with Crippen LogP contribution in [0.4, 0.5) is 5.69 Å². The van der Waals surface area contributed by atoms with Crippen LogP contribution in [0.25, 0.3) is 0 Å². The highest BCUT2D eigenvalue weighted by Crippen LogP contribution is 2.32. The number of aromatic nitrogens is 1. The van der Waals surface area contributed by atoms with Crippen LogP contribution in [0.1, 0.15) is 50.1 Å². The van der Waals surface area contributed by atoms with Crippen molar-refractivity contribution >= 4 is 23.1 Å². The van der Waals surface area contributed by atoms with Crippen LogP contribution in [0.3, 0.4) is 0 Å². The summed E-state index contributed by atoms with van der Waals surface area (Å²) in [7, 11) is 0. The van der Waals surface area contributed by atoms with E-state index in [0.717, 1.165) is 42.5 Å². The molecule has 1 unspecified atom stereocenters. The molecule has 5 rings (SSSR count). The number of ketones is 1. The Morgan fingerprint density at radius 1 is 1.00 bits per heavy atom. The second kappa shape index (κ2) is 11.2. The summed E-state index contributed by atoms with van der Waals surface area (Å²) in [6.45, 7) is 6.79. The number of nitriles is 1. The molecule has 38 heavy (non-hydrogen) atoms. The van der Waals surface area contributed by atoms with Gasteiger partial charge in [-0.1, -0.05) is 65.3 Å². The van der Waals surface area contributed by atoms with Gasteiger partial charge in [0, 0.05) is 37.6 Å². The van der Waals surface area contributed by atoms with Crippen LogP contribution in [0.15, 0.2) is 77.3 Å². The minimum atomic E-state index is -0.0549. The molecule has 0 radical (unpaired) electrons. The van der Waals surface area contributed by atoms with Crippen LogP contribution in [-0.4, -0.2) is 42.0 Å². The Hall–Kier alpha value is -3.92. The Bertz CT molecular complexity index is 1450. The number of aryl methyl sites for hydroxylation is 2. The Labute approximate surface area is 228 Å². The zero-order chi connectivity index (χ0) is 26.6. The molecule has 1 saturated heterocycles. The SMILES string of the molecule is Cc1noc(C)c1C(=O)Cc1ccc(N2CCN(C(c3ccccc3)c3ccc(Cl)cc3)CC2)c(C#N)c1.